The van der Waals surface area contributed by atoms with Gasteiger partial charge in [0.2, 0.25) is 0 Å². The van der Waals surface area contributed by atoms with Crippen LogP contribution in [-0.4, -0.2) is 11.5 Å². The van der Waals surface area contributed by atoms with Crippen LogP contribution >= 0.6 is 15.9 Å². The molecule has 66 valence electrons. The van der Waals surface area contributed by atoms with Gasteiger partial charge in [0, 0.05) is 23.2 Å². The third-order valence-electron chi connectivity index (χ3n) is 1.34. The zero-order chi connectivity index (χ0) is 9.52. The van der Waals surface area contributed by atoms with Crippen molar-refractivity contribution in [3.63, 3.8) is 0 Å². The van der Waals surface area contributed by atoms with Crippen molar-refractivity contribution >= 4 is 22.0 Å². The molecule has 1 rings (SSSR count). The third kappa shape index (κ3) is 3.27. The van der Waals surface area contributed by atoms with Crippen LogP contribution in [0, 0.1) is 0 Å². The largest absolute Gasteiger partial charge is 0.249 e. The number of hydrogen-bond acceptors (Lipinski definition) is 2. The number of nitrogens with zero attached hydrogens (tertiary/aromatic N) is 4. The van der Waals surface area contributed by atoms with Gasteiger partial charge in [0.15, 0.2) is 0 Å². The summed E-state index contributed by atoms with van der Waals surface area (Å²) in [6.07, 6.45) is 5.34. The van der Waals surface area contributed by atoms with Crippen LogP contribution in [0.1, 0.15) is 5.56 Å². The first-order chi connectivity index (χ1) is 6.34. The molecule has 0 spiro atoms. The minimum absolute atomic E-state index is 0.359. The predicted octanol–water partition coefficient (Wildman–Crippen LogP) is 3.17. The maximum Gasteiger partial charge on any atom is 0.113 e. The van der Waals surface area contributed by atoms with E-state index < -0.39 is 0 Å². The summed E-state index contributed by atoms with van der Waals surface area (Å²) >= 11 is 3.30. The minimum atomic E-state index is 0.359. The van der Waals surface area contributed by atoms with E-state index in [1.54, 1.807) is 12.3 Å². The lowest BCUT2D eigenvalue weighted by molar-refractivity contribution is 1.21. The van der Waals surface area contributed by atoms with Gasteiger partial charge in [0.05, 0.1) is 0 Å². The van der Waals surface area contributed by atoms with Crippen molar-refractivity contribution < 1.29 is 0 Å². The van der Waals surface area contributed by atoms with Gasteiger partial charge in [-0.25, -0.2) is 4.98 Å². The molecule has 0 saturated carbocycles. The van der Waals surface area contributed by atoms with E-state index in [0.717, 1.165) is 10.2 Å². The Hall–Kier alpha value is -1.32. The first kappa shape index (κ1) is 9.77. The van der Waals surface area contributed by atoms with Crippen LogP contribution in [0.3, 0.4) is 0 Å². The summed E-state index contributed by atoms with van der Waals surface area (Å²) < 4.78 is 0.784. The fourth-order valence-corrected chi connectivity index (χ4v) is 1.17. The van der Waals surface area contributed by atoms with Gasteiger partial charge in [-0.2, -0.15) is 0 Å². The fraction of sp³-hybridized carbons (Fsp3) is 0.125. The molecule has 0 atom stereocenters. The molecule has 0 amide bonds. The van der Waals surface area contributed by atoms with Gasteiger partial charge < -0.3 is 0 Å². The monoisotopic (exact) mass is 238 g/mol. The van der Waals surface area contributed by atoms with Crippen molar-refractivity contribution in [1.82, 2.24) is 4.98 Å². The lowest BCUT2D eigenvalue weighted by Gasteiger charge is -1.94. The molecular weight excluding hydrogens is 232 g/mol. The highest BCUT2D eigenvalue weighted by molar-refractivity contribution is 9.10. The molecule has 0 fully saturated rings. The molecule has 5 heteroatoms. The fourth-order valence-electron chi connectivity index (χ4n) is 0.786. The predicted molar refractivity (Wildman–Crippen MR) is 55.0 cm³/mol. The number of hydrogen-bond donors (Lipinski definition) is 0. The molecule has 0 radical (unpaired) electrons. The smallest absolute Gasteiger partial charge is 0.113 e. The van der Waals surface area contributed by atoms with Gasteiger partial charge in [0.1, 0.15) is 4.60 Å². The number of pyridine rings is 1. The van der Waals surface area contributed by atoms with Crippen molar-refractivity contribution in [3.8, 4) is 0 Å². The molecule has 1 aromatic rings. The highest BCUT2D eigenvalue weighted by Crippen LogP contribution is 2.13. The van der Waals surface area contributed by atoms with E-state index in [0.29, 0.717) is 6.54 Å². The van der Waals surface area contributed by atoms with Gasteiger partial charge in [0.25, 0.3) is 0 Å². The van der Waals surface area contributed by atoms with E-state index in [1.807, 2.05) is 18.2 Å². The molecule has 0 aliphatic carbocycles. The van der Waals surface area contributed by atoms with Crippen LogP contribution in [0.25, 0.3) is 16.5 Å². The van der Waals surface area contributed by atoms with Gasteiger partial charge in [-0.3, -0.25) is 0 Å². The Balaban J connectivity index is 2.68. The molecule has 0 bridgehead atoms. The maximum absolute atomic E-state index is 8.02. The van der Waals surface area contributed by atoms with Crippen molar-refractivity contribution in [2.24, 2.45) is 5.11 Å². The van der Waals surface area contributed by atoms with Crippen LogP contribution in [0.2, 0.25) is 0 Å². The molecule has 1 heterocycles. The summed E-state index contributed by atoms with van der Waals surface area (Å²) in [6.45, 7) is 0.359. The Morgan fingerprint density at radius 2 is 2.54 bits per heavy atom. The van der Waals surface area contributed by atoms with Gasteiger partial charge in [-0.15, -0.1) is 0 Å². The number of aromatic nitrogens is 1. The maximum atomic E-state index is 8.02. The first-order valence-electron chi connectivity index (χ1n) is 3.62. The van der Waals surface area contributed by atoms with E-state index in [1.165, 1.54) is 0 Å². The molecule has 4 nitrogen and oxygen atoms in total. The molecule has 0 unspecified atom stereocenters. The van der Waals surface area contributed by atoms with E-state index in [4.69, 9.17) is 5.53 Å². The summed E-state index contributed by atoms with van der Waals surface area (Å²) in [6, 6.07) is 3.77. The lowest BCUT2D eigenvalue weighted by Crippen LogP contribution is -1.79. The standard InChI is InChI=1S/C8H7BrN4/c9-8-7(3-1-5-11-8)4-2-6-12-13-10/h1-5H,6H2. The van der Waals surface area contributed by atoms with Crippen LogP contribution < -0.4 is 0 Å². The number of rotatable bonds is 3. The zero-order valence-electron chi connectivity index (χ0n) is 6.76. The molecular formula is C8H7BrN4. The Morgan fingerprint density at radius 3 is 3.23 bits per heavy atom. The van der Waals surface area contributed by atoms with Crippen LogP contribution in [-0.2, 0) is 0 Å². The molecule has 13 heavy (non-hydrogen) atoms. The van der Waals surface area contributed by atoms with E-state index in [-0.39, 0.29) is 0 Å². The van der Waals surface area contributed by atoms with Crippen LogP contribution in [0.15, 0.2) is 34.1 Å². The lowest BCUT2D eigenvalue weighted by atomic mass is 10.2. The average molecular weight is 239 g/mol. The second-order valence-electron chi connectivity index (χ2n) is 2.20. The first-order valence-corrected chi connectivity index (χ1v) is 4.42. The van der Waals surface area contributed by atoms with Crippen molar-refractivity contribution in [1.29, 1.82) is 0 Å². The summed E-state index contributed by atoms with van der Waals surface area (Å²) in [4.78, 5) is 6.68. The number of azide groups is 1. The SMILES string of the molecule is [N-]=[N+]=NCC=Cc1cccnc1Br. The van der Waals surface area contributed by atoms with Gasteiger partial charge in [-0.1, -0.05) is 23.3 Å². The zero-order valence-corrected chi connectivity index (χ0v) is 8.35. The second-order valence-corrected chi connectivity index (χ2v) is 2.95. The summed E-state index contributed by atoms with van der Waals surface area (Å²) in [7, 11) is 0. The van der Waals surface area contributed by atoms with Crippen molar-refractivity contribution in [2.75, 3.05) is 6.54 Å². The topological polar surface area (TPSA) is 61.7 Å². The van der Waals surface area contributed by atoms with Crippen molar-refractivity contribution in [2.45, 2.75) is 0 Å². The Labute approximate surface area is 84.1 Å². The summed E-state index contributed by atoms with van der Waals surface area (Å²) in [5.41, 5.74) is 8.99. The van der Waals surface area contributed by atoms with Gasteiger partial charge >= 0.3 is 0 Å². The normalized spacial score (nSPS) is 9.92. The molecule has 0 aliphatic rings. The Morgan fingerprint density at radius 1 is 1.69 bits per heavy atom. The Bertz CT molecular complexity index is 355. The van der Waals surface area contributed by atoms with E-state index in [9.17, 15) is 0 Å². The van der Waals surface area contributed by atoms with Gasteiger partial charge in [-0.05, 0) is 27.5 Å². The summed E-state index contributed by atoms with van der Waals surface area (Å²) in [5.74, 6) is 0. The molecule has 0 aromatic carbocycles. The number of halogens is 1. The van der Waals surface area contributed by atoms with Crippen LogP contribution in [0.4, 0.5) is 0 Å². The quantitative estimate of drug-likeness (QED) is 0.346. The second kappa shape index (κ2) is 5.35. The van der Waals surface area contributed by atoms with E-state index >= 15 is 0 Å². The van der Waals surface area contributed by atoms with Crippen molar-refractivity contribution in [3.05, 3.63) is 45.0 Å². The van der Waals surface area contributed by atoms with Crippen LogP contribution in [0.5, 0.6) is 0 Å². The van der Waals surface area contributed by atoms with E-state index in [2.05, 4.69) is 30.9 Å². The highest BCUT2D eigenvalue weighted by atomic mass is 79.9. The highest BCUT2D eigenvalue weighted by Gasteiger charge is 1.92. The summed E-state index contributed by atoms with van der Waals surface area (Å²) in [5, 5.41) is 3.37. The minimum Gasteiger partial charge on any atom is -0.249 e. The molecule has 0 aliphatic heterocycles. The Kier molecular flexibility index (Phi) is 4.02. The molecule has 0 saturated heterocycles. The molecule has 0 N–H and O–H groups in total. The average Bonchev–Trinajstić information content (AvgIpc) is 2.15. The third-order valence-corrected chi connectivity index (χ3v) is 2.00. The molecule has 1 aromatic heterocycles.